The molecule has 154 valence electrons. The maximum absolute atomic E-state index is 12.1. The van der Waals surface area contributed by atoms with Gasteiger partial charge in [0.15, 0.2) is 11.5 Å². The van der Waals surface area contributed by atoms with Gasteiger partial charge in [0.05, 0.1) is 14.2 Å². The summed E-state index contributed by atoms with van der Waals surface area (Å²) in [6.07, 6.45) is 3.24. The van der Waals surface area contributed by atoms with Crippen molar-refractivity contribution >= 4 is 12.0 Å². The van der Waals surface area contributed by atoms with Gasteiger partial charge in [-0.05, 0) is 47.0 Å². The summed E-state index contributed by atoms with van der Waals surface area (Å²) in [6.45, 7) is 0.958. The number of amides is 1. The van der Waals surface area contributed by atoms with Gasteiger partial charge in [-0.25, -0.2) is 0 Å². The molecular formula is C25H25NO4. The molecule has 0 bridgehead atoms. The Hall–Kier alpha value is -3.73. The van der Waals surface area contributed by atoms with Crippen LogP contribution >= 0.6 is 0 Å². The number of ether oxygens (including phenoxy) is 3. The summed E-state index contributed by atoms with van der Waals surface area (Å²) >= 11 is 0. The van der Waals surface area contributed by atoms with E-state index < -0.39 is 0 Å². The van der Waals surface area contributed by atoms with Crippen LogP contribution in [0.15, 0.2) is 78.9 Å². The summed E-state index contributed by atoms with van der Waals surface area (Å²) < 4.78 is 16.2. The molecule has 5 nitrogen and oxygen atoms in total. The van der Waals surface area contributed by atoms with Crippen molar-refractivity contribution in [3.63, 3.8) is 0 Å². The molecule has 0 fully saturated rings. The van der Waals surface area contributed by atoms with E-state index in [9.17, 15) is 4.79 Å². The highest BCUT2D eigenvalue weighted by Crippen LogP contribution is 2.27. The molecule has 1 N–H and O–H groups in total. The van der Waals surface area contributed by atoms with Crippen LogP contribution in [0.3, 0.4) is 0 Å². The number of benzene rings is 3. The summed E-state index contributed by atoms with van der Waals surface area (Å²) in [6, 6.07) is 23.2. The minimum Gasteiger partial charge on any atom is -0.493 e. The van der Waals surface area contributed by atoms with Crippen LogP contribution in [0.4, 0.5) is 0 Å². The van der Waals surface area contributed by atoms with Crippen LogP contribution < -0.4 is 19.5 Å². The number of methoxy groups -OCH3 is 2. The van der Waals surface area contributed by atoms with Crippen LogP contribution in [0.1, 0.15) is 16.7 Å². The van der Waals surface area contributed by atoms with E-state index in [1.807, 2.05) is 66.7 Å². The zero-order valence-electron chi connectivity index (χ0n) is 17.1. The molecule has 0 spiro atoms. The summed E-state index contributed by atoms with van der Waals surface area (Å²) in [4.78, 5) is 12.1. The molecule has 3 rings (SSSR count). The Morgan fingerprint density at radius 2 is 1.57 bits per heavy atom. The molecule has 5 heteroatoms. The monoisotopic (exact) mass is 403 g/mol. The Kier molecular flexibility index (Phi) is 7.50. The molecule has 0 saturated heterocycles. The van der Waals surface area contributed by atoms with Crippen molar-refractivity contribution < 1.29 is 19.0 Å². The number of hydrogen-bond donors (Lipinski definition) is 1. The zero-order chi connectivity index (χ0) is 21.2. The van der Waals surface area contributed by atoms with E-state index in [4.69, 9.17) is 14.2 Å². The lowest BCUT2D eigenvalue weighted by Crippen LogP contribution is -2.20. The number of para-hydroxylation sites is 1. The van der Waals surface area contributed by atoms with Crippen LogP contribution in [0.2, 0.25) is 0 Å². The van der Waals surface area contributed by atoms with Crippen LogP contribution in [-0.4, -0.2) is 20.1 Å². The van der Waals surface area contributed by atoms with E-state index in [1.165, 1.54) is 6.08 Å². The first-order valence-electron chi connectivity index (χ1n) is 9.61. The number of carbonyl (C=O) groups is 1. The van der Waals surface area contributed by atoms with Gasteiger partial charge in [-0.1, -0.05) is 48.5 Å². The standard InChI is InChI=1S/C25H25NO4/c1-28-23-14-12-19(16-24(23)29-2)13-15-25(27)26-17-20-8-10-21(11-9-20)18-30-22-6-4-3-5-7-22/h3-16H,17-18H2,1-2H3,(H,26,27)/b15-13+. The molecule has 0 aromatic heterocycles. The van der Waals surface area contributed by atoms with Crippen molar-refractivity contribution in [3.8, 4) is 17.2 Å². The van der Waals surface area contributed by atoms with Gasteiger partial charge >= 0.3 is 0 Å². The highest BCUT2D eigenvalue weighted by Gasteiger charge is 2.03. The fourth-order valence-electron chi connectivity index (χ4n) is 2.81. The molecule has 1 amide bonds. The summed E-state index contributed by atoms with van der Waals surface area (Å²) in [5.74, 6) is 1.95. The first kappa shape index (κ1) is 21.0. The number of carbonyl (C=O) groups excluding carboxylic acids is 1. The van der Waals surface area contributed by atoms with Gasteiger partial charge in [-0.2, -0.15) is 0 Å². The van der Waals surface area contributed by atoms with Gasteiger partial charge < -0.3 is 19.5 Å². The van der Waals surface area contributed by atoms with Gasteiger partial charge in [0.25, 0.3) is 0 Å². The van der Waals surface area contributed by atoms with E-state index in [0.29, 0.717) is 24.7 Å². The molecule has 0 unspecified atom stereocenters. The normalized spacial score (nSPS) is 10.6. The summed E-state index contributed by atoms with van der Waals surface area (Å²) in [5, 5.41) is 2.88. The van der Waals surface area contributed by atoms with Crippen molar-refractivity contribution in [2.75, 3.05) is 14.2 Å². The fourth-order valence-corrected chi connectivity index (χ4v) is 2.81. The van der Waals surface area contributed by atoms with Gasteiger partial charge in [0.1, 0.15) is 12.4 Å². The number of hydrogen-bond acceptors (Lipinski definition) is 4. The Labute approximate surface area is 176 Å². The second-order valence-corrected chi connectivity index (χ2v) is 6.58. The van der Waals surface area contributed by atoms with Crippen molar-refractivity contribution in [3.05, 3.63) is 95.6 Å². The van der Waals surface area contributed by atoms with Gasteiger partial charge in [-0.3, -0.25) is 4.79 Å². The first-order valence-corrected chi connectivity index (χ1v) is 9.61. The molecule has 30 heavy (non-hydrogen) atoms. The Morgan fingerprint density at radius 3 is 2.27 bits per heavy atom. The second-order valence-electron chi connectivity index (χ2n) is 6.58. The largest absolute Gasteiger partial charge is 0.493 e. The number of nitrogens with one attached hydrogen (secondary N) is 1. The maximum atomic E-state index is 12.1. The minimum absolute atomic E-state index is 0.165. The highest BCUT2D eigenvalue weighted by molar-refractivity contribution is 5.91. The first-order chi connectivity index (χ1) is 14.7. The van der Waals surface area contributed by atoms with Crippen LogP contribution in [0, 0.1) is 0 Å². The van der Waals surface area contributed by atoms with Crippen molar-refractivity contribution in [1.82, 2.24) is 5.32 Å². The third-order valence-electron chi connectivity index (χ3n) is 4.47. The van der Waals surface area contributed by atoms with Gasteiger partial charge in [-0.15, -0.1) is 0 Å². The lowest BCUT2D eigenvalue weighted by molar-refractivity contribution is -0.116. The second kappa shape index (κ2) is 10.7. The van der Waals surface area contributed by atoms with E-state index in [1.54, 1.807) is 26.4 Å². The smallest absolute Gasteiger partial charge is 0.244 e. The molecule has 0 atom stereocenters. The van der Waals surface area contributed by atoms with E-state index in [-0.39, 0.29) is 5.91 Å². The van der Waals surface area contributed by atoms with Crippen LogP contribution in [-0.2, 0) is 17.9 Å². The molecule has 0 heterocycles. The van der Waals surface area contributed by atoms with Crippen LogP contribution in [0.5, 0.6) is 17.2 Å². The number of rotatable bonds is 9. The summed E-state index contributed by atoms with van der Waals surface area (Å²) in [5.41, 5.74) is 2.94. The molecule has 3 aromatic rings. The Bertz CT molecular complexity index is 982. The molecule has 0 aliphatic carbocycles. The third-order valence-corrected chi connectivity index (χ3v) is 4.47. The molecular weight excluding hydrogens is 378 g/mol. The van der Waals surface area contributed by atoms with E-state index >= 15 is 0 Å². The van der Waals surface area contributed by atoms with E-state index in [2.05, 4.69) is 5.32 Å². The van der Waals surface area contributed by atoms with Gasteiger partial charge in [0, 0.05) is 12.6 Å². The highest BCUT2D eigenvalue weighted by atomic mass is 16.5. The fraction of sp³-hybridized carbons (Fsp3) is 0.160. The maximum Gasteiger partial charge on any atom is 0.244 e. The molecule has 3 aromatic carbocycles. The zero-order valence-corrected chi connectivity index (χ0v) is 17.1. The van der Waals surface area contributed by atoms with E-state index in [0.717, 1.165) is 22.4 Å². The third kappa shape index (κ3) is 6.14. The SMILES string of the molecule is COc1ccc(/C=C/C(=O)NCc2ccc(COc3ccccc3)cc2)cc1OC. The quantitative estimate of drug-likeness (QED) is 0.530. The average Bonchev–Trinajstić information content (AvgIpc) is 2.81. The molecule has 0 radical (unpaired) electrons. The average molecular weight is 403 g/mol. The van der Waals surface area contributed by atoms with Crippen LogP contribution in [0.25, 0.3) is 6.08 Å². The summed E-state index contributed by atoms with van der Waals surface area (Å²) in [7, 11) is 3.17. The predicted molar refractivity (Wildman–Crippen MR) is 118 cm³/mol. The van der Waals surface area contributed by atoms with Gasteiger partial charge in [0.2, 0.25) is 5.91 Å². The molecule has 0 aliphatic heterocycles. The van der Waals surface area contributed by atoms with Crippen molar-refractivity contribution in [2.24, 2.45) is 0 Å². The molecule has 0 aliphatic rings. The minimum atomic E-state index is -0.165. The van der Waals surface area contributed by atoms with Crippen molar-refractivity contribution in [2.45, 2.75) is 13.2 Å². The Morgan fingerprint density at radius 1 is 0.867 bits per heavy atom. The lowest BCUT2D eigenvalue weighted by Gasteiger charge is -2.08. The lowest BCUT2D eigenvalue weighted by atomic mass is 10.1. The van der Waals surface area contributed by atoms with Crippen molar-refractivity contribution in [1.29, 1.82) is 0 Å². The topological polar surface area (TPSA) is 56.8 Å². The Balaban J connectivity index is 1.48. The molecule has 0 saturated carbocycles. The predicted octanol–water partition coefficient (Wildman–Crippen LogP) is 4.61.